The highest BCUT2D eigenvalue weighted by molar-refractivity contribution is 7.13. The minimum absolute atomic E-state index is 0.0150. The molecule has 1 atom stereocenters. The molecular formula is C19H20N2O3S. The molecule has 1 aliphatic rings. The van der Waals surface area contributed by atoms with Gasteiger partial charge < -0.3 is 14.1 Å². The monoisotopic (exact) mass is 356 g/mol. The number of rotatable bonds is 2. The van der Waals surface area contributed by atoms with Gasteiger partial charge in [0.25, 0.3) is 5.91 Å². The number of hydrogen-bond acceptors (Lipinski definition) is 5. The normalized spacial score (nSPS) is 20.1. The highest BCUT2D eigenvalue weighted by atomic mass is 32.1. The van der Waals surface area contributed by atoms with Crippen LogP contribution in [0.15, 0.2) is 40.1 Å². The van der Waals surface area contributed by atoms with Gasteiger partial charge in [0, 0.05) is 23.9 Å². The quantitative estimate of drug-likeness (QED) is 0.691. The fourth-order valence-electron chi connectivity index (χ4n) is 3.34. The van der Waals surface area contributed by atoms with Gasteiger partial charge in [0.2, 0.25) is 0 Å². The minimum Gasteiger partial charge on any atom is -0.454 e. The van der Waals surface area contributed by atoms with Crippen molar-refractivity contribution >= 4 is 28.2 Å². The predicted octanol–water partition coefficient (Wildman–Crippen LogP) is 4.20. The lowest BCUT2D eigenvalue weighted by molar-refractivity contribution is -0.118. The highest BCUT2D eigenvalue weighted by Crippen LogP contribution is 2.30. The van der Waals surface area contributed by atoms with Gasteiger partial charge in [-0.1, -0.05) is 18.2 Å². The number of furan rings is 1. The number of ether oxygens (including phenoxy) is 1. The zero-order valence-electron chi connectivity index (χ0n) is 14.5. The van der Waals surface area contributed by atoms with E-state index in [1.807, 2.05) is 56.0 Å². The van der Waals surface area contributed by atoms with E-state index in [4.69, 9.17) is 9.15 Å². The van der Waals surface area contributed by atoms with Crippen LogP contribution in [0.2, 0.25) is 0 Å². The maximum absolute atomic E-state index is 12.8. The maximum Gasteiger partial charge on any atom is 0.273 e. The van der Waals surface area contributed by atoms with Gasteiger partial charge in [-0.2, -0.15) is 0 Å². The molecule has 1 fully saturated rings. The van der Waals surface area contributed by atoms with Gasteiger partial charge >= 0.3 is 0 Å². The molecule has 130 valence electrons. The zero-order valence-corrected chi connectivity index (χ0v) is 15.3. The summed E-state index contributed by atoms with van der Waals surface area (Å²) in [5.41, 5.74) is 0.944. The van der Waals surface area contributed by atoms with Crippen LogP contribution in [0.4, 0.5) is 0 Å². The summed E-state index contributed by atoms with van der Waals surface area (Å²) >= 11 is 1.43. The number of carbonyl (C=O) groups excluding carboxylic acids is 1. The van der Waals surface area contributed by atoms with Gasteiger partial charge in [-0.15, -0.1) is 11.3 Å². The summed E-state index contributed by atoms with van der Waals surface area (Å²) < 4.78 is 11.7. The van der Waals surface area contributed by atoms with Crippen molar-refractivity contribution in [3.05, 3.63) is 41.4 Å². The molecule has 0 N–H and O–H groups in total. The van der Waals surface area contributed by atoms with Crippen LogP contribution >= 0.6 is 11.3 Å². The maximum atomic E-state index is 12.8. The van der Waals surface area contributed by atoms with Crippen LogP contribution in [0.5, 0.6) is 0 Å². The summed E-state index contributed by atoms with van der Waals surface area (Å²) in [6.45, 7) is 7.14. The molecule has 1 saturated heterocycles. The van der Waals surface area contributed by atoms with Crippen molar-refractivity contribution in [2.24, 2.45) is 0 Å². The first-order valence-corrected chi connectivity index (χ1v) is 9.21. The minimum atomic E-state index is -0.342. The van der Waals surface area contributed by atoms with Gasteiger partial charge in [-0.05, 0) is 32.9 Å². The molecule has 4 rings (SSSR count). The second-order valence-electron chi connectivity index (χ2n) is 7.06. The summed E-state index contributed by atoms with van der Waals surface area (Å²) in [4.78, 5) is 19.2. The standard InChI is InChI=1S/C19H20N2O3S/c1-12-9-21(11-19(2,3)24-12)18(22)14-10-25-17(20-14)16-8-13-6-4-5-7-15(13)23-16/h4-8,10,12H,9,11H2,1-3H3. The number of nitrogens with zero attached hydrogens (tertiary/aromatic N) is 2. The molecule has 25 heavy (non-hydrogen) atoms. The van der Waals surface area contributed by atoms with Crippen LogP contribution in [0, 0.1) is 0 Å². The molecule has 5 nitrogen and oxygen atoms in total. The van der Waals surface area contributed by atoms with E-state index in [9.17, 15) is 4.79 Å². The first-order chi connectivity index (χ1) is 11.9. The van der Waals surface area contributed by atoms with Gasteiger partial charge in [0.05, 0.1) is 11.7 Å². The Morgan fingerprint density at radius 2 is 2.16 bits per heavy atom. The van der Waals surface area contributed by atoms with Crippen molar-refractivity contribution in [1.29, 1.82) is 0 Å². The third-order valence-electron chi connectivity index (χ3n) is 4.22. The van der Waals surface area contributed by atoms with E-state index >= 15 is 0 Å². The molecule has 3 aromatic rings. The second-order valence-corrected chi connectivity index (χ2v) is 7.92. The lowest BCUT2D eigenvalue weighted by atomic mass is 10.1. The molecule has 1 amide bonds. The lowest BCUT2D eigenvalue weighted by Crippen LogP contribution is -2.53. The summed E-state index contributed by atoms with van der Waals surface area (Å²) in [5.74, 6) is 0.641. The Balaban J connectivity index is 1.59. The summed E-state index contributed by atoms with van der Waals surface area (Å²) in [7, 11) is 0. The van der Waals surface area contributed by atoms with Gasteiger partial charge in [0.1, 0.15) is 11.3 Å². The van der Waals surface area contributed by atoms with Crippen molar-refractivity contribution in [3.63, 3.8) is 0 Å². The topological polar surface area (TPSA) is 55.6 Å². The van der Waals surface area contributed by atoms with Crippen molar-refractivity contribution < 1.29 is 13.9 Å². The molecule has 1 aliphatic heterocycles. The van der Waals surface area contributed by atoms with E-state index in [0.29, 0.717) is 24.5 Å². The predicted molar refractivity (Wildman–Crippen MR) is 97.9 cm³/mol. The van der Waals surface area contributed by atoms with Crippen molar-refractivity contribution in [2.45, 2.75) is 32.5 Å². The Bertz CT molecular complexity index is 895. The molecule has 0 spiro atoms. The Morgan fingerprint density at radius 3 is 2.92 bits per heavy atom. The zero-order chi connectivity index (χ0) is 17.6. The number of para-hydroxylation sites is 1. The van der Waals surface area contributed by atoms with E-state index in [1.165, 1.54) is 11.3 Å². The molecule has 6 heteroatoms. The van der Waals surface area contributed by atoms with Gasteiger partial charge in [-0.3, -0.25) is 4.79 Å². The highest BCUT2D eigenvalue weighted by Gasteiger charge is 2.34. The Kier molecular flexibility index (Phi) is 3.89. The fourth-order valence-corrected chi connectivity index (χ4v) is 4.09. The third kappa shape index (κ3) is 3.19. The average Bonchev–Trinajstić information content (AvgIpc) is 3.18. The van der Waals surface area contributed by atoms with Crippen molar-refractivity contribution in [3.8, 4) is 10.8 Å². The Hall–Kier alpha value is -2.18. The van der Waals surface area contributed by atoms with Crippen LogP contribution < -0.4 is 0 Å². The van der Waals surface area contributed by atoms with E-state index in [2.05, 4.69) is 4.98 Å². The Morgan fingerprint density at radius 1 is 1.36 bits per heavy atom. The largest absolute Gasteiger partial charge is 0.454 e. The van der Waals surface area contributed by atoms with E-state index in [-0.39, 0.29) is 17.6 Å². The first-order valence-electron chi connectivity index (χ1n) is 8.33. The second kappa shape index (κ2) is 5.97. The van der Waals surface area contributed by atoms with Crippen LogP contribution in [0.1, 0.15) is 31.3 Å². The summed E-state index contributed by atoms with van der Waals surface area (Å²) in [5, 5.41) is 3.56. The molecule has 0 saturated carbocycles. The van der Waals surface area contributed by atoms with E-state index in [1.54, 1.807) is 5.38 Å². The smallest absolute Gasteiger partial charge is 0.273 e. The number of benzene rings is 1. The summed E-state index contributed by atoms with van der Waals surface area (Å²) in [6.07, 6.45) is 0.0150. The molecule has 0 radical (unpaired) electrons. The SMILES string of the molecule is CC1CN(C(=O)c2csc(-c3cc4ccccc4o3)n2)CC(C)(C)O1. The number of thiazole rings is 1. The molecule has 3 heterocycles. The van der Waals surface area contributed by atoms with Crippen LogP contribution in [-0.4, -0.2) is 40.6 Å². The molecule has 2 aromatic heterocycles. The summed E-state index contributed by atoms with van der Waals surface area (Å²) in [6, 6.07) is 9.80. The Labute approximate surface area is 150 Å². The number of aromatic nitrogens is 1. The lowest BCUT2D eigenvalue weighted by Gasteiger charge is -2.41. The number of hydrogen-bond donors (Lipinski definition) is 0. The number of morpholine rings is 1. The number of carbonyl (C=O) groups is 1. The van der Waals surface area contributed by atoms with Crippen LogP contribution in [0.25, 0.3) is 21.7 Å². The van der Waals surface area contributed by atoms with Crippen LogP contribution in [-0.2, 0) is 4.74 Å². The first kappa shape index (κ1) is 16.3. The van der Waals surface area contributed by atoms with Crippen molar-refractivity contribution in [1.82, 2.24) is 9.88 Å². The molecule has 0 bridgehead atoms. The molecular weight excluding hydrogens is 336 g/mol. The van der Waals surface area contributed by atoms with E-state index < -0.39 is 0 Å². The third-order valence-corrected chi connectivity index (χ3v) is 5.07. The molecule has 0 aliphatic carbocycles. The van der Waals surface area contributed by atoms with Gasteiger partial charge in [0.15, 0.2) is 10.8 Å². The van der Waals surface area contributed by atoms with Crippen LogP contribution in [0.3, 0.4) is 0 Å². The molecule has 1 unspecified atom stereocenters. The van der Waals surface area contributed by atoms with E-state index in [0.717, 1.165) is 16.0 Å². The number of fused-ring (bicyclic) bond motifs is 1. The van der Waals surface area contributed by atoms with Gasteiger partial charge in [-0.25, -0.2) is 4.98 Å². The number of amides is 1. The fraction of sp³-hybridized carbons (Fsp3) is 0.368. The molecule has 1 aromatic carbocycles. The average molecular weight is 356 g/mol. The van der Waals surface area contributed by atoms with Crippen molar-refractivity contribution in [2.75, 3.05) is 13.1 Å².